The van der Waals surface area contributed by atoms with Crippen molar-refractivity contribution >= 4 is 9.84 Å². The number of nitrogens with one attached hydrogen (secondary N) is 1. The molecular formula is C14H23NO3S. The second-order valence-corrected chi connectivity index (χ2v) is 7.87. The molecule has 0 heterocycles. The van der Waals surface area contributed by atoms with Crippen molar-refractivity contribution < 1.29 is 13.2 Å². The largest absolute Gasteiger partial charge is 0.494 e. The summed E-state index contributed by atoms with van der Waals surface area (Å²) < 4.78 is 27.8. The van der Waals surface area contributed by atoms with E-state index in [1.54, 1.807) is 13.8 Å². The van der Waals surface area contributed by atoms with E-state index >= 15 is 0 Å². The van der Waals surface area contributed by atoms with Crippen molar-refractivity contribution in [1.29, 1.82) is 0 Å². The molecule has 0 fully saturated rings. The van der Waals surface area contributed by atoms with Crippen LogP contribution in [0.3, 0.4) is 0 Å². The van der Waals surface area contributed by atoms with Crippen LogP contribution in [0, 0.1) is 0 Å². The van der Waals surface area contributed by atoms with Gasteiger partial charge in [0.15, 0.2) is 9.84 Å². The van der Waals surface area contributed by atoms with Crippen molar-refractivity contribution in [3.63, 3.8) is 0 Å². The van der Waals surface area contributed by atoms with Crippen molar-refractivity contribution in [3.8, 4) is 5.75 Å². The Balaban J connectivity index is 2.16. The van der Waals surface area contributed by atoms with Crippen molar-refractivity contribution in [3.05, 3.63) is 30.3 Å². The van der Waals surface area contributed by atoms with Crippen molar-refractivity contribution in [2.45, 2.75) is 25.0 Å². The second-order valence-electron chi connectivity index (χ2n) is 5.22. The first-order chi connectivity index (χ1) is 8.83. The zero-order valence-electron chi connectivity index (χ0n) is 11.8. The Morgan fingerprint density at radius 2 is 1.84 bits per heavy atom. The Morgan fingerprint density at radius 3 is 2.42 bits per heavy atom. The van der Waals surface area contributed by atoms with Crippen molar-refractivity contribution in [2.24, 2.45) is 0 Å². The minimum absolute atomic E-state index is 0.456. The molecule has 0 spiro atoms. The monoisotopic (exact) mass is 285 g/mol. The molecular weight excluding hydrogens is 262 g/mol. The lowest BCUT2D eigenvalue weighted by atomic mass is 10.2. The van der Waals surface area contributed by atoms with Crippen LogP contribution in [0.25, 0.3) is 0 Å². The molecule has 0 aliphatic carbocycles. The molecule has 1 rings (SSSR count). The smallest absolute Gasteiger partial charge is 0.153 e. The van der Waals surface area contributed by atoms with Gasteiger partial charge in [0.2, 0.25) is 0 Å². The molecule has 0 saturated heterocycles. The molecule has 1 N–H and O–H groups in total. The van der Waals surface area contributed by atoms with E-state index in [-0.39, 0.29) is 0 Å². The molecule has 0 unspecified atom stereocenters. The highest BCUT2D eigenvalue weighted by atomic mass is 32.2. The van der Waals surface area contributed by atoms with E-state index in [2.05, 4.69) is 5.32 Å². The van der Waals surface area contributed by atoms with E-state index in [0.29, 0.717) is 13.2 Å². The normalized spacial score (nSPS) is 12.4. The van der Waals surface area contributed by atoms with E-state index in [1.807, 2.05) is 30.3 Å². The van der Waals surface area contributed by atoms with E-state index < -0.39 is 14.6 Å². The first kappa shape index (κ1) is 16.0. The first-order valence-corrected chi connectivity index (χ1v) is 8.30. The minimum atomic E-state index is -3.03. The topological polar surface area (TPSA) is 55.4 Å². The lowest BCUT2D eigenvalue weighted by Gasteiger charge is -2.22. The van der Waals surface area contributed by atoms with E-state index in [1.165, 1.54) is 6.26 Å². The maximum Gasteiger partial charge on any atom is 0.153 e. The number of rotatable bonds is 8. The summed E-state index contributed by atoms with van der Waals surface area (Å²) in [6, 6.07) is 9.65. The van der Waals surface area contributed by atoms with Gasteiger partial charge in [-0.25, -0.2) is 8.42 Å². The summed E-state index contributed by atoms with van der Waals surface area (Å²) in [5.41, 5.74) is 0. The fraction of sp³-hybridized carbons (Fsp3) is 0.571. The Labute approximate surface area is 116 Å². The van der Waals surface area contributed by atoms with Gasteiger partial charge in [0, 0.05) is 12.8 Å². The van der Waals surface area contributed by atoms with Crippen molar-refractivity contribution in [2.75, 3.05) is 26.0 Å². The van der Waals surface area contributed by atoms with E-state index in [4.69, 9.17) is 4.74 Å². The highest BCUT2D eigenvalue weighted by Crippen LogP contribution is 2.13. The van der Waals surface area contributed by atoms with E-state index in [9.17, 15) is 8.42 Å². The second kappa shape index (κ2) is 6.91. The molecule has 0 bridgehead atoms. The Hall–Kier alpha value is -1.07. The van der Waals surface area contributed by atoms with Gasteiger partial charge in [-0.15, -0.1) is 0 Å². The molecule has 5 heteroatoms. The summed E-state index contributed by atoms with van der Waals surface area (Å²) >= 11 is 0. The Kier molecular flexibility index (Phi) is 5.82. The molecule has 0 radical (unpaired) electrons. The van der Waals surface area contributed by atoms with Crippen LogP contribution < -0.4 is 10.1 Å². The predicted molar refractivity (Wildman–Crippen MR) is 78.3 cm³/mol. The van der Waals surface area contributed by atoms with E-state index in [0.717, 1.165) is 18.7 Å². The van der Waals surface area contributed by atoms with Gasteiger partial charge in [-0.3, -0.25) is 0 Å². The van der Waals surface area contributed by atoms with Gasteiger partial charge in [-0.05, 0) is 38.9 Å². The Bertz CT molecular complexity index is 469. The molecule has 0 amide bonds. The molecule has 0 saturated carbocycles. The van der Waals surface area contributed by atoms with Crippen LogP contribution in [0.15, 0.2) is 30.3 Å². The van der Waals surface area contributed by atoms with Crippen LogP contribution in [0.5, 0.6) is 5.75 Å². The van der Waals surface area contributed by atoms with Crippen LogP contribution >= 0.6 is 0 Å². The number of hydrogen-bond donors (Lipinski definition) is 1. The number of para-hydroxylation sites is 1. The maximum absolute atomic E-state index is 11.5. The fourth-order valence-electron chi connectivity index (χ4n) is 1.42. The lowest BCUT2D eigenvalue weighted by molar-refractivity contribution is 0.307. The number of sulfone groups is 1. The standard InChI is InChI=1S/C14H23NO3S/c1-14(2,19(3,16)17)12-15-10-7-11-18-13-8-5-4-6-9-13/h4-6,8-9,15H,7,10-12H2,1-3H3. The fourth-order valence-corrected chi connectivity index (χ4v) is 1.79. The first-order valence-electron chi connectivity index (χ1n) is 6.41. The number of hydrogen-bond acceptors (Lipinski definition) is 4. The molecule has 0 aliphatic rings. The third-order valence-corrected chi connectivity index (χ3v) is 5.22. The summed E-state index contributed by atoms with van der Waals surface area (Å²) in [6.07, 6.45) is 2.11. The minimum Gasteiger partial charge on any atom is -0.494 e. The number of ether oxygens (including phenoxy) is 1. The van der Waals surface area contributed by atoms with Crippen LogP contribution in [0.2, 0.25) is 0 Å². The zero-order chi connectivity index (χ0) is 14.4. The molecule has 0 aromatic heterocycles. The number of benzene rings is 1. The van der Waals surface area contributed by atoms with Gasteiger partial charge in [0.25, 0.3) is 0 Å². The van der Waals surface area contributed by atoms with Crippen LogP contribution in [-0.4, -0.2) is 39.1 Å². The highest BCUT2D eigenvalue weighted by Gasteiger charge is 2.29. The molecule has 19 heavy (non-hydrogen) atoms. The molecule has 108 valence electrons. The molecule has 1 aromatic rings. The summed E-state index contributed by atoms with van der Waals surface area (Å²) in [5, 5.41) is 3.16. The van der Waals surface area contributed by atoms with Crippen molar-refractivity contribution in [1.82, 2.24) is 5.32 Å². The third-order valence-electron chi connectivity index (χ3n) is 3.06. The molecule has 0 atom stereocenters. The quantitative estimate of drug-likeness (QED) is 0.741. The van der Waals surface area contributed by atoms with Gasteiger partial charge in [0.05, 0.1) is 11.4 Å². The van der Waals surface area contributed by atoms with Crippen LogP contribution in [-0.2, 0) is 9.84 Å². The summed E-state index contributed by atoms with van der Waals surface area (Å²) in [4.78, 5) is 0. The lowest BCUT2D eigenvalue weighted by Crippen LogP contribution is -2.42. The molecule has 4 nitrogen and oxygen atoms in total. The van der Waals surface area contributed by atoms with Gasteiger partial charge in [-0.2, -0.15) is 0 Å². The third kappa shape index (κ3) is 5.61. The average molecular weight is 285 g/mol. The molecule has 0 aliphatic heterocycles. The summed E-state index contributed by atoms with van der Waals surface area (Å²) in [6.45, 7) is 5.28. The average Bonchev–Trinajstić information content (AvgIpc) is 2.33. The maximum atomic E-state index is 11.5. The van der Waals surface area contributed by atoms with Crippen LogP contribution in [0.4, 0.5) is 0 Å². The Morgan fingerprint density at radius 1 is 1.21 bits per heavy atom. The van der Waals surface area contributed by atoms with Gasteiger partial charge < -0.3 is 10.1 Å². The van der Waals surface area contributed by atoms with Gasteiger partial charge >= 0.3 is 0 Å². The molecule has 1 aromatic carbocycles. The van der Waals surface area contributed by atoms with Gasteiger partial charge in [-0.1, -0.05) is 18.2 Å². The van der Waals surface area contributed by atoms with Gasteiger partial charge in [0.1, 0.15) is 5.75 Å². The zero-order valence-corrected chi connectivity index (χ0v) is 12.7. The van der Waals surface area contributed by atoms with Crippen LogP contribution in [0.1, 0.15) is 20.3 Å². The summed E-state index contributed by atoms with van der Waals surface area (Å²) in [7, 11) is -3.03. The highest BCUT2D eigenvalue weighted by molar-refractivity contribution is 7.92. The SMILES string of the molecule is CC(C)(CNCCCOc1ccccc1)S(C)(=O)=O. The predicted octanol–water partition coefficient (Wildman–Crippen LogP) is 1.87. The summed E-state index contributed by atoms with van der Waals surface area (Å²) in [5.74, 6) is 0.860.